The lowest BCUT2D eigenvalue weighted by atomic mass is 9.77. The summed E-state index contributed by atoms with van der Waals surface area (Å²) in [6.45, 7) is 0. The molecule has 0 N–H and O–H groups in total. The third-order valence-corrected chi connectivity index (χ3v) is 5.89. The molecule has 2 aromatic carbocycles. The number of carbonyl (C=O) groups excluding carboxylic acids is 2. The van der Waals surface area contributed by atoms with Crippen LogP contribution in [0.1, 0.15) is 37.2 Å². The smallest absolute Gasteiger partial charge is 0.289 e. The molecule has 4 rings (SSSR count). The van der Waals surface area contributed by atoms with E-state index in [1.165, 1.54) is 17.0 Å². The predicted octanol–water partition coefficient (Wildman–Crippen LogP) is 4.78. The first-order valence-electron chi connectivity index (χ1n) is 9.58. The quantitative estimate of drug-likeness (QED) is 0.518. The molecule has 0 aromatic heterocycles. The summed E-state index contributed by atoms with van der Waals surface area (Å²) in [4.78, 5) is 38.4. The fourth-order valence-electron chi connectivity index (χ4n) is 4.29. The molecule has 7 nitrogen and oxygen atoms in total. The van der Waals surface area contributed by atoms with Crippen LogP contribution < -0.4 is 9.64 Å². The van der Waals surface area contributed by atoms with Crippen molar-refractivity contribution in [3.05, 3.63) is 74.4 Å². The summed E-state index contributed by atoms with van der Waals surface area (Å²) in [5.41, 5.74) is 2.05. The number of ether oxygens (including phenoxy) is 1. The van der Waals surface area contributed by atoms with E-state index in [0.29, 0.717) is 42.0 Å². The van der Waals surface area contributed by atoms with Crippen LogP contribution in [0.2, 0.25) is 5.02 Å². The van der Waals surface area contributed by atoms with Gasteiger partial charge in [0.1, 0.15) is 10.8 Å². The first kappa shape index (κ1) is 20.1. The number of hydrogen-bond acceptors (Lipinski definition) is 5. The molecule has 2 aromatic rings. The van der Waals surface area contributed by atoms with Gasteiger partial charge in [0.25, 0.3) is 5.69 Å². The van der Waals surface area contributed by atoms with E-state index in [2.05, 4.69) is 0 Å². The van der Waals surface area contributed by atoms with Crippen LogP contribution >= 0.6 is 11.6 Å². The number of hydrogen-bond donors (Lipinski definition) is 0. The molecule has 1 atom stereocenters. The normalized spacial score (nSPS) is 19.0. The predicted molar refractivity (Wildman–Crippen MR) is 112 cm³/mol. The second kappa shape index (κ2) is 7.91. The zero-order valence-electron chi connectivity index (χ0n) is 16.3. The average molecular weight is 427 g/mol. The van der Waals surface area contributed by atoms with Crippen molar-refractivity contribution in [3.63, 3.8) is 0 Å². The van der Waals surface area contributed by atoms with Crippen molar-refractivity contribution in [3.8, 4) is 5.75 Å². The third-order valence-electron chi connectivity index (χ3n) is 5.57. The van der Waals surface area contributed by atoms with E-state index in [9.17, 15) is 19.7 Å². The number of para-hydroxylation sites is 1. The first-order valence-corrected chi connectivity index (χ1v) is 9.96. The van der Waals surface area contributed by atoms with Gasteiger partial charge in [-0.15, -0.1) is 0 Å². The minimum atomic E-state index is -0.584. The van der Waals surface area contributed by atoms with Crippen LogP contribution in [0.5, 0.6) is 5.75 Å². The number of allylic oxidation sites excluding steroid dienone is 2. The van der Waals surface area contributed by atoms with Gasteiger partial charge in [0, 0.05) is 41.7 Å². The number of methoxy groups -OCH3 is 1. The monoisotopic (exact) mass is 426 g/mol. The molecule has 154 valence electrons. The molecule has 1 aliphatic heterocycles. The number of nitro groups is 1. The summed E-state index contributed by atoms with van der Waals surface area (Å²) < 4.78 is 5.47. The van der Waals surface area contributed by atoms with Crippen LogP contribution in [0.4, 0.5) is 11.4 Å². The van der Waals surface area contributed by atoms with Gasteiger partial charge in [-0.1, -0.05) is 29.8 Å². The summed E-state index contributed by atoms with van der Waals surface area (Å²) in [7, 11) is 1.56. The molecule has 0 saturated carbocycles. The Labute approximate surface area is 178 Å². The van der Waals surface area contributed by atoms with Gasteiger partial charge in [0.05, 0.1) is 17.7 Å². The summed E-state index contributed by atoms with van der Waals surface area (Å²) in [5.74, 6) is -0.0183. The van der Waals surface area contributed by atoms with Crippen LogP contribution in [-0.4, -0.2) is 23.7 Å². The van der Waals surface area contributed by atoms with E-state index in [-0.39, 0.29) is 28.8 Å². The number of benzene rings is 2. The summed E-state index contributed by atoms with van der Waals surface area (Å²) >= 11 is 5.94. The molecule has 1 heterocycles. The molecule has 1 unspecified atom stereocenters. The topological polar surface area (TPSA) is 89.8 Å². The average Bonchev–Trinajstić information content (AvgIpc) is 2.73. The second-order valence-corrected chi connectivity index (χ2v) is 7.66. The van der Waals surface area contributed by atoms with Crippen molar-refractivity contribution in [1.29, 1.82) is 0 Å². The van der Waals surface area contributed by atoms with Gasteiger partial charge in [0.15, 0.2) is 5.78 Å². The molecule has 1 aliphatic carbocycles. The summed E-state index contributed by atoms with van der Waals surface area (Å²) in [6, 6.07) is 11.6. The lowest BCUT2D eigenvalue weighted by molar-refractivity contribution is -0.384. The van der Waals surface area contributed by atoms with Gasteiger partial charge in [-0.3, -0.25) is 24.6 Å². The van der Waals surface area contributed by atoms with E-state index in [1.54, 1.807) is 13.2 Å². The Hall–Kier alpha value is -3.19. The van der Waals surface area contributed by atoms with Crippen LogP contribution in [0.15, 0.2) is 53.7 Å². The largest absolute Gasteiger partial charge is 0.496 e. The highest BCUT2D eigenvalue weighted by molar-refractivity contribution is 6.32. The van der Waals surface area contributed by atoms with Gasteiger partial charge in [-0.25, -0.2) is 0 Å². The van der Waals surface area contributed by atoms with Crippen molar-refractivity contribution in [2.24, 2.45) is 0 Å². The molecule has 8 heteroatoms. The zero-order valence-corrected chi connectivity index (χ0v) is 17.0. The van der Waals surface area contributed by atoms with E-state index >= 15 is 0 Å². The second-order valence-electron chi connectivity index (χ2n) is 7.26. The number of ketones is 1. The Morgan fingerprint density at radius 3 is 2.67 bits per heavy atom. The first-order chi connectivity index (χ1) is 14.4. The van der Waals surface area contributed by atoms with Crippen molar-refractivity contribution < 1.29 is 19.2 Å². The molecular formula is C22H19ClN2O5. The summed E-state index contributed by atoms with van der Waals surface area (Å²) in [6.07, 6.45) is 1.64. The van der Waals surface area contributed by atoms with Crippen LogP contribution in [0.25, 0.3) is 0 Å². The lowest BCUT2D eigenvalue weighted by Crippen LogP contribution is -2.40. The Bertz CT molecular complexity index is 1090. The molecular weight excluding hydrogens is 408 g/mol. The van der Waals surface area contributed by atoms with Crippen LogP contribution in [-0.2, 0) is 9.59 Å². The van der Waals surface area contributed by atoms with Gasteiger partial charge in [-0.2, -0.15) is 0 Å². The highest BCUT2D eigenvalue weighted by Crippen LogP contribution is 2.46. The van der Waals surface area contributed by atoms with Crippen LogP contribution in [0, 0.1) is 10.1 Å². The Kier molecular flexibility index (Phi) is 5.30. The van der Waals surface area contributed by atoms with E-state index in [4.69, 9.17) is 16.3 Å². The number of amides is 1. The van der Waals surface area contributed by atoms with Gasteiger partial charge in [-0.05, 0) is 31.0 Å². The minimum Gasteiger partial charge on any atom is -0.496 e. The fourth-order valence-corrected chi connectivity index (χ4v) is 4.48. The molecule has 0 saturated heterocycles. The molecule has 0 bridgehead atoms. The maximum Gasteiger partial charge on any atom is 0.289 e. The van der Waals surface area contributed by atoms with Gasteiger partial charge < -0.3 is 4.74 Å². The highest BCUT2D eigenvalue weighted by Gasteiger charge is 2.41. The zero-order chi connectivity index (χ0) is 21.4. The Balaban J connectivity index is 1.88. The van der Waals surface area contributed by atoms with Crippen molar-refractivity contribution in [1.82, 2.24) is 0 Å². The van der Waals surface area contributed by atoms with E-state index < -0.39 is 10.8 Å². The van der Waals surface area contributed by atoms with Crippen molar-refractivity contribution >= 4 is 34.7 Å². The molecule has 0 radical (unpaired) electrons. The molecule has 2 aliphatic rings. The fraction of sp³-hybridized carbons (Fsp3) is 0.273. The van der Waals surface area contributed by atoms with Crippen molar-refractivity contribution in [2.45, 2.75) is 31.6 Å². The lowest BCUT2D eigenvalue weighted by Gasteiger charge is -2.38. The van der Waals surface area contributed by atoms with E-state index in [1.807, 2.05) is 24.3 Å². The number of nitro benzene ring substituents is 1. The SMILES string of the molecule is COc1ccccc1C1CC(=O)N(c2ccc(Cl)c([N+](=O)[O-])c2)C2=C1C(=O)CCC2. The maximum atomic E-state index is 13.2. The van der Waals surface area contributed by atoms with Crippen LogP contribution in [0.3, 0.4) is 0 Å². The summed E-state index contributed by atoms with van der Waals surface area (Å²) in [5, 5.41) is 11.3. The number of Topliss-reactive ketones (excluding diaryl/α,β-unsaturated/α-hetero) is 1. The van der Waals surface area contributed by atoms with Gasteiger partial charge >= 0.3 is 0 Å². The maximum absolute atomic E-state index is 13.2. The highest BCUT2D eigenvalue weighted by atomic mass is 35.5. The standard InChI is InChI=1S/C22H19ClN2O5/c1-30-20-8-3-2-5-14(20)15-12-21(27)24(17-6-4-7-19(26)22(15)17)13-9-10-16(23)18(11-13)25(28)29/h2-3,5,8-11,15H,4,6-7,12H2,1H3. The third kappa shape index (κ3) is 3.35. The number of halogens is 1. The number of carbonyl (C=O) groups is 2. The van der Waals surface area contributed by atoms with E-state index in [0.717, 1.165) is 5.56 Å². The minimum absolute atomic E-state index is 0.00553. The van der Waals surface area contributed by atoms with Gasteiger partial charge in [0.2, 0.25) is 5.91 Å². The molecule has 0 fully saturated rings. The number of nitrogens with zero attached hydrogens (tertiary/aromatic N) is 2. The Morgan fingerprint density at radius 1 is 1.17 bits per heavy atom. The molecule has 30 heavy (non-hydrogen) atoms. The number of rotatable bonds is 4. The molecule has 1 amide bonds. The number of anilines is 1. The Morgan fingerprint density at radius 2 is 1.93 bits per heavy atom. The molecule has 0 spiro atoms. The van der Waals surface area contributed by atoms with Crippen molar-refractivity contribution in [2.75, 3.05) is 12.0 Å².